The van der Waals surface area contributed by atoms with E-state index in [1.54, 1.807) is 25.8 Å². The molecule has 0 bridgehead atoms. The van der Waals surface area contributed by atoms with E-state index in [0.717, 1.165) is 5.69 Å². The van der Waals surface area contributed by atoms with Gasteiger partial charge in [0.25, 0.3) is 5.91 Å². The van der Waals surface area contributed by atoms with Crippen LogP contribution in [-0.2, 0) is 9.53 Å². The number of ether oxygens (including phenoxy) is 1. The zero-order chi connectivity index (χ0) is 12.0. The molecule has 1 atom stereocenters. The van der Waals surface area contributed by atoms with Crippen LogP contribution >= 0.6 is 11.8 Å². The maximum atomic E-state index is 12.0. The Kier molecular flexibility index (Phi) is 4.83. The summed E-state index contributed by atoms with van der Waals surface area (Å²) in [4.78, 5) is 12.0. The van der Waals surface area contributed by atoms with Crippen LogP contribution < -0.4 is 5.32 Å². The molecule has 0 aliphatic heterocycles. The van der Waals surface area contributed by atoms with E-state index >= 15 is 0 Å². The molecule has 1 aromatic rings. The summed E-state index contributed by atoms with van der Waals surface area (Å²) >= 11 is 1.59. The largest absolute Gasteiger partial charge is 0.368 e. The molecular weight excluding hydrogens is 222 g/mol. The smallest absolute Gasteiger partial charge is 0.257 e. The molecule has 1 unspecified atom stereocenters. The van der Waals surface area contributed by atoms with Crippen molar-refractivity contribution >= 4 is 23.4 Å². The number of amides is 1. The van der Waals surface area contributed by atoms with Gasteiger partial charge in [0, 0.05) is 18.6 Å². The molecule has 0 heterocycles. The Labute approximate surface area is 101 Å². The molecule has 3 nitrogen and oxygen atoms in total. The minimum Gasteiger partial charge on any atom is -0.368 e. The van der Waals surface area contributed by atoms with Crippen LogP contribution in [0.15, 0.2) is 30.3 Å². The predicted molar refractivity (Wildman–Crippen MR) is 68.9 cm³/mol. The number of methoxy groups -OCH3 is 1. The molecule has 88 valence electrons. The first-order chi connectivity index (χ1) is 7.62. The Morgan fingerprint density at radius 1 is 1.44 bits per heavy atom. The van der Waals surface area contributed by atoms with E-state index in [4.69, 9.17) is 4.74 Å². The molecule has 1 N–H and O–H groups in total. The van der Waals surface area contributed by atoms with Crippen LogP contribution in [-0.4, -0.2) is 30.6 Å². The second-order valence-electron chi connectivity index (χ2n) is 3.69. The third-order valence-electron chi connectivity index (χ3n) is 2.38. The first kappa shape index (κ1) is 13.1. The molecule has 1 rings (SSSR count). The lowest BCUT2D eigenvalue weighted by Crippen LogP contribution is -2.44. The van der Waals surface area contributed by atoms with Gasteiger partial charge in [-0.2, -0.15) is 11.8 Å². The van der Waals surface area contributed by atoms with Crippen LogP contribution in [0.5, 0.6) is 0 Å². The Morgan fingerprint density at radius 3 is 2.56 bits per heavy atom. The summed E-state index contributed by atoms with van der Waals surface area (Å²) in [5.74, 6) is 0.512. The first-order valence-electron chi connectivity index (χ1n) is 5.03. The van der Waals surface area contributed by atoms with Crippen molar-refractivity contribution in [2.24, 2.45) is 0 Å². The normalized spacial score (nSPS) is 14.2. The molecule has 0 radical (unpaired) electrons. The van der Waals surface area contributed by atoms with Gasteiger partial charge in [-0.1, -0.05) is 18.2 Å². The van der Waals surface area contributed by atoms with Crippen LogP contribution in [0.4, 0.5) is 5.69 Å². The highest BCUT2D eigenvalue weighted by atomic mass is 32.2. The molecule has 0 saturated heterocycles. The average Bonchev–Trinajstić information content (AvgIpc) is 2.30. The maximum Gasteiger partial charge on any atom is 0.257 e. The van der Waals surface area contributed by atoms with Gasteiger partial charge in [0.15, 0.2) is 5.60 Å². The average molecular weight is 239 g/mol. The number of hydrogen-bond acceptors (Lipinski definition) is 3. The summed E-state index contributed by atoms with van der Waals surface area (Å²) in [5.41, 5.74) is 0.00629. The fourth-order valence-corrected chi connectivity index (χ4v) is 2.08. The molecular formula is C12H17NO2S. The summed E-state index contributed by atoms with van der Waals surface area (Å²) in [6.07, 6.45) is 1.95. The van der Waals surface area contributed by atoms with E-state index < -0.39 is 5.60 Å². The third kappa shape index (κ3) is 3.25. The van der Waals surface area contributed by atoms with Gasteiger partial charge in [-0.05, 0) is 25.3 Å². The van der Waals surface area contributed by atoms with E-state index in [1.165, 1.54) is 0 Å². The van der Waals surface area contributed by atoms with Crippen molar-refractivity contribution in [3.05, 3.63) is 30.3 Å². The van der Waals surface area contributed by atoms with Crippen LogP contribution in [0.3, 0.4) is 0 Å². The van der Waals surface area contributed by atoms with Crippen molar-refractivity contribution in [1.29, 1.82) is 0 Å². The number of para-hydroxylation sites is 1. The van der Waals surface area contributed by atoms with Gasteiger partial charge in [-0.3, -0.25) is 4.79 Å². The van der Waals surface area contributed by atoms with Crippen LogP contribution in [0.25, 0.3) is 0 Å². The van der Waals surface area contributed by atoms with Crippen molar-refractivity contribution in [2.45, 2.75) is 12.5 Å². The van der Waals surface area contributed by atoms with E-state index in [1.807, 2.05) is 36.6 Å². The third-order valence-corrected chi connectivity index (χ3v) is 3.22. The highest BCUT2D eigenvalue weighted by Crippen LogP contribution is 2.18. The van der Waals surface area contributed by atoms with Crippen LogP contribution in [0.2, 0.25) is 0 Å². The topological polar surface area (TPSA) is 38.3 Å². The van der Waals surface area contributed by atoms with Crippen LogP contribution in [0, 0.1) is 0 Å². The Balaban J connectivity index is 2.70. The highest BCUT2D eigenvalue weighted by molar-refractivity contribution is 7.98. The molecule has 16 heavy (non-hydrogen) atoms. The van der Waals surface area contributed by atoms with Gasteiger partial charge in [0.05, 0.1) is 0 Å². The van der Waals surface area contributed by atoms with Gasteiger partial charge in [-0.15, -0.1) is 0 Å². The number of thioether (sulfide) groups is 1. The summed E-state index contributed by atoms with van der Waals surface area (Å²) < 4.78 is 5.28. The van der Waals surface area contributed by atoms with E-state index in [2.05, 4.69) is 5.32 Å². The minimum absolute atomic E-state index is 0.115. The molecule has 0 saturated carbocycles. The van der Waals surface area contributed by atoms with Crippen molar-refractivity contribution in [3.63, 3.8) is 0 Å². The minimum atomic E-state index is -0.782. The molecule has 4 heteroatoms. The quantitative estimate of drug-likeness (QED) is 0.857. The Hall–Kier alpha value is -1.00. The van der Waals surface area contributed by atoms with Gasteiger partial charge in [0.2, 0.25) is 0 Å². The monoisotopic (exact) mass is 239 g/mol. The molecule has 1 amide bonds. The van der Waals surface area contributed by atoms with Crippen molar-refractivity contribution in [1.82, 2.24) is 0 Å². The standard InChI is InChI=1S/C12H17NO2S/c1-12(15-2,9-16-3)11(14)13-10-7-5-4-6-8-10/h4-8H,9H2,1-3H3,(H,13,14). The molecule has 0 aliphatic carbocycles. The fourth-order valence-electron chi connectivity index (χ4n) is 1.28. The first-order valence-corrected chi connectivity index (χ1v) is 6.42. The number of benzene rings is 1. The molecule has 1 aromatic carbocycles. The highest BCUT2D eigenvalue weighted by Gasteiger charge is 2.32. The van der Waals surface area contributed by atoms with Crippen molar-refractivity contribution in [2.75, 3.05) is 24.4 Å². The lowest BCUT2D eigenvalue weighted by molar-refractivity contribution is -0.133. The SMILES string of the molecule is COC(C)(CSC)C(=O)Nc1ccccc1. The summed E-state index contributed by atoms with van der Waals surface area (Å²) in [7, 11) is 1.56. The van der Waals surface area contributed by atoms with Crippen molar-refractivity contribution in [3.8, 4) is 0 Å². The Bertz CT molecular complexity index is 342. The predicted octanol–water partition coefficient (Wildman–Crippen LogP) is 2.39. The number of rotatable bonds is 5. The summed E-state index contributed by atoms with van der Waals surface area (Å²) in [6.45, 7) is 1.79. The molecule has 0 spiro atoms. The zero-order valence-corrected chi connectivity index (χ0v) is 10.6. The fraction of sp³-hybridized carbons (Fsp3) is 0.417. The molecule has 0 aliphatic rings. The number of hydrogen-bond donors (Lipinski definition) is 1. The van der Waals surface area contributed by atoms with Gasteiger partial charge in [-0.25, -0.2) is 0 Å². The van der Waals surface area contributed by atoms with Crippen LogP contribution in [0.1, 0.15) is 6.92 Å². The molecule has 0 fully saturated rings. The van der Waals surface area contributed by atoms with Gasteiger partial charge in [0.1, 0.15) is 0 Å². The lowest BCUT2D eigenvalue weighted by atomic mass is 10.1. The van der Waals surface area contributed by atoms with E-state index in [9.17, 15) is 4.79 Å². The Morgan fingerprint density at radius 2 is 2.06 bits per heavy atom. The lowest BCUT2D eigenvalue weighted by Gasteiger charge is -2.25. The van der Waals surface area contributed by atoms with Gasteiger partial charge < -0.3 is 10.1 Å². The summed E-state index contributed by atoms with van der Waals surface area (Å²) in [5, 5.41) is 2.84. The zero-order valence-electron chi connectivity index (χ0n) is 9.82. The van der Waals surface area contributed by atoms with E-state index in [0.29, 0.717) is 5.75 Å². The van der Waals surface area contributed by atoms with Gasteiger partial charge >= 0.3 is 0 Å². The number of carbonyl (C=O) groups is 1. The maximum absolute atomic E-state index is 12.0. The number of anilines is 1. The summed E-state index contributed by atoms with van der Waals surface area (Å²) in [6, 6.07) is 9.38. The number of nitrogens with one attached hydrogen (secondary N) is 1. The van der Waals surface area contributed by atoms with Crippen molar-refractivity contribution < 1.29 is 9.53 Å². The second-order valence-corrected chi connectivity index (χ2v) is 4.55. The van der Waals surface area contributed by atoms with E-state index in [-0.39, 0.29) is 5.91 Å². The molecule has 0 aromatic heterocycles. The number of carbonyl (C=O) groups excluding carboxylic acids is 1. The second kappa shape index (κ2) is 5.92.